The van der Waals surface area contributed by atoms with Crippen molar-refractivity contribution in [1.29, 1.82) is 0 Å². The average Bonchev–Trinajstić information content (AvgIpc) is 3.02. The van der Waals surface area contributed by atoms with Crippen molar-refractivity contribution in [2.45, 2.75) is 44.6 Å². The normalized spacial score (nSPS) is 16.1. The number of aliphatic hydroxyl groups is 1. The van der Waals surface area contributed by atoms with Crippen LogP contribution in [-0.4, -0.2) is 49.3 Å². The molecule has 4 aromatic rings. The second kappa shape index (κ2) is 14.2. The van der Waals surface area contributed by atoms with Gasteiger partial charge in [0.1, 0.15) is 11.4 Å². The summed E-state index contributed by atoms with van der Waals surface area (Å²) in [6.07, 6.45) is 2.64. The Hall–Kier alpha value is -3.31. The van der Waals surface area contributed by atoms with Gasteiger partial charge in [-0.1, -0.05) is 104 Å². The van der Waals surface area contributed by atoms with Gasteiger partial charge in [-0.15, -0.1) is 0 Å². The van der Waals surface area contributed by atoms with Crippen LogP contribution < -0.4 is 9.64 Å². The third kappa shape index (κ3) is 7.36. The zero-order valence-corrected chi connectivity index (χ0v) is 25.6. The first-order chi connectivity index (χ1) is 20.5. The lowest BCUT2D eigenvalue weighted by molar-refractivity contribution is -0.00554. The van der Waals surface area contributed by atoms with Crippen molar-refractivity contribution in [2.24, 2.45) is 0 Å². The quantitative estimate of drug-likeness (QED) is 0.172. The van der Waals surface area contributed by atoms with Gasteiger partial charge in [-0.3, -0.25) is 4.90 Å². The SMILES string of the molecule is CCCCOc1ccc([C@@](O)(Cc2ccccc2)[C@@H](CN2CCN(c3cc(Cl)ccc3C)CC2)c2ccccc2)cc1. The van der Waals surface area contributed by atoms with Gasteiger partial charge in [0.05, 0.1) is 6.61 Å². The first-order valence-electron chi connectivity index (χ1n) is 15.2. The summed E-state index contributed by atoms with van der Waals surface area (Å²) < 4.78 is 5.96. The molecule has 0 spiro atoms. The highest BCUT2D eigenvalue weighted by atomic mass is 35.5. The molecule has 1 N–H and O–H groups in total. The van der Waals surface area contributed by atoms with Crippen molar-refractivity contribution in [1.82, 2.24) is 4.90 Å². The van der Waals surface area contributed by atoms with Gasteiger partial charge in [0.15, 0.2) is 0 Å². The van der Waals surface area contributed by atoms with Crippen molar-refractivity contribution in [2.75, 3.05) is 44.2 Å². The number of halogens is 1. The van der Waals surface area contributed by atoms with Crippen molar-refractivity contribution in [3.05, 3.63) is 130 Å². The number of aryl methyl sites for hydroxylation is 1. The number of anilines is 1. The molecule has 5 rings (SSSR count). The van der Waals surface area contributed by atoms with Gasteiger partial charge in [0.25, 0.3) is 0 Å². The van der Waals surface area contributed by atoms with Gasteiger partial charge in [-0.05, 0) is 59.9 Å². The maximum Gasteiger partial charge on any atom is 0.119 e. The van der Waals surface area contributed by atoms with Crippen LogP contribution in [0.2, 0.25) is 5.02 Å². The number of piperazine rings is 1. The summed E-state index contributed by atoms with van der Waals surface area (Å²) in [4.78, 5) is 4.94. The van der Waals surface area contributed by atoms with E-state index in [2.05, 4.69) is 96.4 Å². The average molecular weight is 583 g/mol. The number of rotatable bonds is 12. The summed E-state index contributed by atoms with van der Waals surface area (Å²) in [5.74, 6) is 0.711. The van der Waals surface area contributed by atoms with Gasteiger partial charge in [0, 0.05) is 55.8 Å². The number of benzene rings is 4. The van der Waals surface area contributed by atoms with Gasteiger partial charge < -0.3 is 14.7 Å². The minimum atomic E-state index is -1.12. The number of hydrogen-bond acceptors (Lipinski definition) is 4. The molecule has 2 atom stereocenters. The summed E-state index contributed by atoms with van der Waals surface area (Å²) in [5.41, 5.74) is 4.51. The molecule has 4 aromatic carbocycles. The van der Waals surface area contributed by atoms with E-state index >= 15 is 0 Å². The van der Waals surface area contributed by atoms with Gasteiger partial charge in [0.2, 0.25) is 0 Å². The molecular formula is C37H43ClN2O2. The second-order valence-corrected chi connectivity index (χ2v) is 11.9. The first kappa shape index (κ1) is 30.2. The third-order valence-electron chi connectivity index (χ3n) is 8.54. The predicted molar refractivity (Wildman–Crippen MR) is 175 cm³/mol. The second-order valence-electron chi connectivity index (χ2n) is 11.5. The molecule has 1 aliphatic rings. The molecule has 1 saturated heterocycles. The summed E-state index contributed by atoms with van der Waals surface area (Å²) in [6.45, 7) is 9.45. The Morgan fingerprint density at radius 3 is 2.19 bits per heavy atom. The van der Waals surface area contributed by atoms with Crippen molar-refractivity contribution >= 4 is 17.3 Å². The van der Waals surface area contributed by atoms with E-state index in [0.717, 1.165) is 73.0 Å². The van der Waals surface area contributed by atoms with Crippen molar-refractivity contribution in [3.63, 3.8) is 0 Å². The van der Waals surface area contributed by atoms with Crippen LogP contribution in [0.4, 0.5) is 5.69 Å². The Kier molecular flexibility index (Phi) is 10.2. The predicted octanol–water partition coefficient (Wildman–Crippen LogP) is 7.86. The highest BCUT2D eigenvalue weighted by Crippen LogP contribution is 2.41. The molecule has 1 heterocycles. The van der Waals surface area contributed by atoms with E-state index in [0.29, 0.717) is 13.0 Å². The molecule has 0 radical (unpaired) electrons. The minimum Gasteiger partial charge on any atom is -0.494 e. The van der Waals surface area contributed by atoms with Crippen LogP contribution >= 0.6 is 11.6 Å². The van der Waals surface area contributed by atoms with Crippen LogP contribution in [0.25, 0.3) is 0 Å². The van der Waals surface area contributed by atoms with Crippen molar-refractivity contribution in [3.8, 4) is 5.75 Å². The molecule has 0 unspecified atom stereocenters. The Bertz CT molecular complexity index is 1390. The molecule has 0 aromatic heterocycles. The molecule has 0 bridgehead atoms. The van der Waals surface area contributed by atoms with E-state index in [1.807, 2.05) is 30.3 Å². The highest BCUT2D eigenvalue weighted by Gasteiger charge is 2.41. The van der Waals surface area contributed by atoms with E-state index < -0.39 is 5.60 Å². The fraction of sp³-hybridized carbons (Fsp3) is 0.351. The van der Waals surface area contributed by atoms with Crippen LogP contribution in [-0.2, 0) is 12.0 Å². The van der Waals surface area contributed by atoms with Crippen LogP contribution in [0, 0.1) is 6.92 Å². The lowest BCUT2D eigenvalue weighted by Gasteiger charge is -2.43. The van der Waals surface area contributed by atoms with Crippen molar-refractivity contribution < 1.29 is 9.84 Å². The molecule has 1 fully saturated rings. The fourth-order valence-corrected chi connectivity index (χ4v) is 6.24. The lowest BCUT2D eigenvalue weighted by atomic mass is 9.73. The van der Waals surface area contributed by atoms with Gasteiger partial charge >= 0.3 is 0 Å². The Balaban J connectivity index is 1.43. The molecular weight excluding hydrogens is 540 g/mol. The van der Waals surface area contributed by atoms with E-state index in [1.54, 1.807) is 0 Å². The maximum atomic E-state index is 12.9. The summed E-state index contributed by atoms with van der Waals surface area (Å²) in [7, 11) is 0. The van der Waals surface area contributed by atoms with E-state index in [9.17, 15) is 5.11 Å². The summed E-state index contributed by atoms with van der Waals surface area (Å²) in [6, 6.07) is 35.1. The fourth-order valence-electron chi connectivity index (χ4n) is 6.08. The smallest absolute Gasteiger partial charge is 0.119 e. The maximum absolute atomic E-state index is 12.9. The minimum absolute atomic E-state index is 0.134. The summed E-state index contributed by atoms with van der Waals surface area (Å²) >= 11 is 6.34. The zero-order chi connectivity index (χ0) is 29.4. The van der Waals surface area contributed by atoms with Gasteiger partial charge in [-0.2, -0.15) is 0 Å². The Morgan fingerprint density at radius 1 is 0.857 bits per heavy atom. The molecule has 220 valence electrons. The molecule has 42 heavy (non-hydrogen) atoms. The molecule has 0 aliphatic carbocycles. The molecule has 0 saturated carbocycles. The van der Waals surface area contributed by atoms with Crippen LogP contribution in [0.3, 0.4) is 0 Å². The topological polar surface area (TPSA) is 35.9 Å². The highest BCUT2D eigenvalue weighted by molar-refractivity contribution is 6.30. The Labute approximate surface area is 256 Å². The molecule has 1 aliphatic heterocycles. The van der Waals surface area contributed by atoms with Crippen LogP contribution in [0.1, 0.15) is 47.9 Å². The molecule has 0 amide bonds. The molecule has 5 heteroatoms. The largest absolute Gasteiger partial charge is 0.494 e. The lowest BCUT2D eigenvalue weighted by Crippen LogP contribution is -2.50. The standard InChI is InChI=1S/C37H43ClN2O2/c1-3-4-25-42-34-19-16-32(17-20-34)37(41,27-30-11-7-5-8-12-30)35(31-13-9-6-10-14-31)28-39-21-23-40(24-22-39)36-26-33(38)18-15-29(36)2/h5-20,26,35,41H,3-4,21-25,27-28H2,1-2H3/t35-,37-/m0/s1. The van der Waals surface area contributed by atoms with Gasteiger partial charge in [-0.25, -0.2) is 0 Å². The van der Waals surface area contributed by atoms with E-state index in [1.165, 1.54) is 11.3 Å². The Morgan fingerprint density at radius 2 is 1.52 bits per heavy atom. The van der Waals surface area contributed by atoms with Crippen LogP contribution in [0.5, 0.6) is 5.75 Å². The van der Waals surface area contributed by atoms with Crippen LogP contribution in [0.15, 0.2) is 103 Å². The first-order valence-corrected chi connectivity index (χ1v) is 15.6. The molecule has 4 nitrogen and oxygen atoms in total. The number of nitrogens with zero attached hydrogens (tertiary/aromatic N) is 2. The number of hydrogen-bond donors (Lipinski definition) is 1. The van der Waals surface area contributed by atoms with E-state index in [-0.39, 0.29) is 5.92 Å². The third-order valence-corrected chi connectivity index (χ3v) is 8.78. The summed E-state index contributed by atoms with van der Waals surface area (Å²) in [5, 5.41) is 13.7. The van der Waals surface area contributed by atoms with E-state index in [4.69, 9.17) is 16.3 Å². The number of unbranched alkanes of at least 4 members (excludes halogenated alkanes) is 1. The monoisotopic (exact) mass is 582 g/mol. The zero-order valence-electron chi connectivity index (χ0n) is 24.9. The number of ether oxygens (including phenoxy) is 1.